The van der Waals surface area contributed by atoms with Crippen LogP contribution >= 0.6 is 0 Å². The summed E-state index contributed by atoms with van der Waals surface area (Å²) in [6, 6.07) is 11.3. The summed E-state index contributed by atoms with van der Waals surface area (Å²) >= 11 is 0. The van der Waals surface area contributed by atoms with Crippen LogP contribution in [0, 0.1) is 23.2 Å². The van der Waals surface area contributed by atoms with E-state index in [0.717, 1.165) is 12.8 Å². The fourth-order valence-corrected chi connectivity index (χ4v) is 3.85. The molecule has 0 aromatic heterocycles. The zero-order chi connectivity index (χ0) is 11.9. The third kappa shape index (κ3) is 1.42. The summed E-state index contributed by atoms with van der Waals surface area (Å²) in [7, 11) is 1.95. The van der Waals surface area contributed by atoms with Gasteiger partial charge in [0.2, 0.25) is 0 Å². The van der Waals surface area contributed by atoms with Crippen molar-refractivity contribution in [1.82, 2.24) is 5.32 Å². The van der Waals surface area contributed by atoms with Crippen LogP contribution in [0.3, 0.4) is 0 Å². The third-order valence-electron chi connectivity index (χ3n) is 4.80. The average molecular weight is 226 g/mol. The van der Waals surface area contributed by atoms with Crippen molar-refractivity contribution in [1.29, 1.82) is 5.26 Å². The van der Waals surface area contributed by atoms with E-state index in [2.05, 4.69) is 35.7 Å². The predicted octanol–water partition coefficient (Wildman–Crippen LogP) is 2.29. The largest absolute Gasteiger partial charge is 0.302 e. The molecule has 1 aromatic carbocycles. The van der Waals surface area contributed by atoms with Crippen molar-refractivity contribution in [2.45, 2.75) is 31.2 Å². The maximum absolute atomic E-state index is 9.61. The normalized spacial score (nSPS) is 34.8. The molecule has 0 spiro atoms. The Morgan fingerprint density at radius 2 is 1.71 bits per heavy atom. The van der Waals surface area contributed by atoms with Gasteiger partial charge >= 0.3 is 0 Å². The SMILES string of the molecule is CNC1(C#N)C2CCC1Cc1ccccc1C2. The Hall–Kier alpha value is -1.33. The number of hydrogen-bond donors (Lipinski definition) is 1. The van der Waals surface area contributed by atoms with Crippen molar-refractivity contribution in [3.63, 3.8) is 0 Å². The number of fused-ring (bicyclic) bond motifs is 3. The molecule has 2 aliphatic carbocycles. The lowest BCUT2D eigenvalue weighted by atomic mass is 9.80. The lowest BCUT2D eigenvalue weighted by molar-refractivity contribution is 0.274. The van der Waals surface area contributed by atoms with Gasteiger partial charge in [-0.25, -0.2) is 0 Å². The number of nitrogens with one attached hydrogen (secondary N) is 1. The molecule has 2 heteroatoms. The molecule has 2 unspecified atom stereocenters. The smallest absolute Gasteiger partial charge is 0.112 e. The molecule has 17 heavy (non-hydrogen) atoms. The maximum Gasteiger partial charge on any atom is 0.112 e. The Labute approximate surface area is 103 Å². The fourth-order valence-electron chi connectivity index (χ4n) is 3.85. The molecule has 0 heterocycles. The topological polar surface area (TPSA) is 35.8 Å². The van der Waals surface area contributed by atoms with Gasteiger partial charge in [-0.15, -0.1) is 0 Å². The first-order valence-corrected chi connectivity index (χ1v) is 6.47. The van der Waals surface area contributed by atoms with Crippen LogP contribution in [-0.4, -0.2) is 12.6 Å². The zero-order valence-corrected chi connectivity index (χ0v) is 10.2. The second-order valence-corrected chi connectivity index (χ2v) is 5.38. The molecule has 1 aromatic rings. The number of hydrogen-bond acceptors (Lipinski definition) is 2. The molecule has 2 aliphatic rings. The minimum atomic E-state index is -0.293. The molecule has 2 nitrogen and oxygen atoms in total. The lowest BCUT2D eigenvalue weighted by Crippen LogP contribution is -2.50. The van der Waals surface area contributed by atoms with Gasteiger partial charge in [-0.1, -0.05) is 24.3 Å². The van der Waals surface area contributed by atoms with Crippen LogP contribution in [0.4, 0.5) is 0 Å². The van der Waals surface area contributed by atoms with Gasteiger partial charge in [-0.3, -0.25) is 0 Å². The highest BCUT2D eigenvalue weighted by atomic mass is 15.0. The summed E-state index contributed by atoms with van der Waals surface area (Å²) in [6.45, 7) is 0. The lowest BCUT2D eigenvalue weighted by Gasteiger charge is -2.31. The van der Waals surface area contributed by atoms with Crippen molar-refractivity contribution >= 4 is 0 Å². The molecule has 0 saturated heterocycles. The molecule has 0 aliphatic heterocycles. The van der Waals surface area contributed by atoms with Gasteiger partial charge in [0.15, 0.2) is 0 Å². The van der Waals surface area contributed by atoms with Gasteiger partial charge in [-0.2, -0.15) is 5.26 Å². The average Bonchev–Trinajstić information content (AvgIpc) is 2.61. The highest BCUT2D eigenvalue weighted by Crippen LogP contribution is 2.46. The van der Waals surface area contributed by atoms with Crippen LogP contribution in [0.15, 0.2) is 24.3 Å². The van der Waals surface area contributed by atoms with Gasteiger partial charge in [0, 0.05) is 0 Å². The molecule has 0 radical (unpaired) electrons. The number of nitrogens with zero attached hydrogens (tertiary/aromatic N) is 1. The van der Waals surface area contributed by atoms with E-state index in [9.17, 15) is 5.26 Å². The van der Waals surface area contributed by atoms with Gasteiger partial charge in [-0.05, 0) is 55.7 Å². The van der Waals surface area contributed by atoms with Gasteiger partial charge in [0.05, 0.1) is 6.07 Å². The zero-order valence-electron chi connectivity index (χ0n) is 10.2. The van der Waals surface area contributed by atoms with Gasteiger partial charge < -0.3 is 5.32 Å². The first-order chi connectivity index (χ1) is 8.30. The first-order valence-electron chi connectivity index (χ1n) is 6.47. The summed E-state index contributed by atoms with van der Waals surface area (Å²) in [4.78, 5) is 0. The van der Waals surface area contributed by atoms with Crippen molar-refractivity contribution in [2.75, 3.05) is 7.05 Å². The van der Waals surface area contributed by atoms with Crippen molar-refractivity contribution in [2.24, 2.45) is 11.8 Å². The number of nitriles is 1. The van der Waals surface area contributed by atoms with Crippen LogP contribution in [-0.2, 0) is 12.8 Å². The third-order valence-corrected chi connectivity index (χ3v) is 4.80. The quantitative estimate of drug-likeness (QED) is 0.797. The van der Waals surface area contributed by atoms with E-state index >= 15 is 0 Å². The maximum atomic E-state index is 9.61. The minimum absolute atomic E-state index is 0.293. The van der Waals surface area contributed by atoms with Crippen LogP contribution in [0.2, 0.25) is 0 Å². The summed E-state index contributed by atoms with van der Waals surface area (Å²) in [5, 5.41) is 13.0. The molecule has 1 fully saturated rings. The second-order valence-electron chi connectivity index (χ2n) is 5.38. The Morgan fingerprint density at radius 3 is 2.12 bits per heavy atom. The van der Waals surface area contributed by atoms with Gasteiger partial charge in [0.1, 0.15) is 5.54 Å². The van der Waals surface area contributed by atoms with Crippen LogP contribution in [0.25, 0.3) is 0 Å². The van der Waals surface area contributed by atoms with Crippen LogP contribution < -0.4 is 5.32 Å². The van der Waals surface area contributed by atoms with E-state index < -0.39 is 0 Å². The molecule has 88 valence electrons. The van der Waals surface area contributed by atoms with Crippen LogP contribution in [0.1, 0.15) is 24.0 Å². The standard InChI is InChI=1S/C15H18N2/c1-17-15(10-16)13-6-7-14(15)9-12-5-3-2-4-11(12)8-13/h2-5,13-14,17H,6-9H2,1H3. The molecular formula is C15H18N2. The van der Waals surface area contributed by atoms with E-state index in [-0.39, 0.29) is 5.54 Å². The van der Waals surface area contributed by atoms with E-state index in [1.165, 1.54) is 24.0 Å². The van der Waals surface area contributed by atoms with E-state index in [0.29, 0.717) is 11.8 Å². The number of benzene rings is 1. The molecule has 1 N–H and O–H groups in total. The van der Waals surface area contributed by atoms with E-state index in [1.807, 2.05) is 7.05 Å². The molecule has 1 saturated carbocycles. The molecular weight excluding hydrogens is 208 g/mol. The Morgan fingerprint density at radius 1 is 1.18 bits per heavy atom. The molecule has 2 bridgehead atoms. The molecule has 0 amide bonds. The Balaban J connectivity index is 2.06. The summed E-state index contributed by atoms with van der Waals surface area (Å²) < 4.78 is 0. The van der Waals surface area contributed by atoms with Crippen LogP contribution in [0.5, 0.6) is 0 Å². The van der Waals surface area contributed by atoms with Crippen molar-refractivity contribution in [3.8, 4) is 6.07 Å². The summed E-state index contributed by atoms with van der Waals surface area (Å²) in [5.41, 5.74) is 2.61. The predicted molar refractivity (Wildman–Crippen MR) is 67.5 cm³/mol. The summed E-state index contributed by atoms with van der Waals surface area (Å²) in [5.74, 6) is 0.956. The number of rotatable bonds is 1. The fraction of sp³-hybridized carbons (Fsp3) is 0.533. The minimum Gasteiger partial charge on any atom is -0.302 e. The van der Waals surface area contributed by atoms with E-state index in [1.54, 1.807) is 0 Å². The highest BCUT2D eigenvalue weighted by molar-refractivity contribution is 5.34. The van der Waals surface area contributed by atoms with Crippen molar-refractivity contribution in [3.05, 3.63) is 35.4 Å². The van der Waals surface area contributed by atoms with Gasteiger partial charge in [0.25, 0.3) is 0 Å². The monoisotopic (exact) mass is 226 g/mol. The first kappa shape index (κ1) is 10.8. The second kappa shape index (κ2) is 3.85. The Kier molecular flexibility index (Phi) is 2.45. The Bertz CT molecular complexity index is 439. The van der Waals surface area contributed by atoms with E-state index in [4.69, 9.17) is 0 Å². The van der Waals surface area contributed by atoms with Crippen molar-refractivity contribution < 1.29 is 0 Å². The molecule has 3 rings (SSSR count). The molecule has 2 atom stereocenters. The highest BCUT2D eigenvalue weighted by Gasteiger charge is 2.51. The summed E-state index contributed by atoms with van der Waals surface area (Å²) in [6.07, 6.45) is 4.49.